The second-order valence-corrected chi connectivity index (χ2v) is 6.39. The third-order valence-corrected chi connectivity index (χ3v) is 3.95. The Bertz CT molecular complexity index is 414. The average Bonchev–Trinajstić information content (AvgIpc) is 2.77. The SMILES string of the molecule is CNC(C)Cc1ccc(OCC2CCC(C)(C)O2)cc1. The molecule has 1 fully saturated rings. The minimum absolute atomic E-state index is 0.0151. The van der Waals surface area contributed by atoms with E-state index in [0.717, 1.165) is 25.0 Å². The fourth-order valence-electron chi connectivity index (χ4n) is 2.56. The van der Waals surface area contributed by atoms with Crippen molar-refractivity contribution in [1.29, 1.82) is 0 Å². The van der Waals surface area contributed by atoms with Gasteiger partial charge in [-0.15, -0.1) is 0 Å². The Morgan fingerprint density at radius 3 is 2.60 bits per heavy atom. The normalized spacial score (nSPS) is 22.7. The van der Waals surface area contributed by atoms with E-state index in [2.05, 4.69) is 50.4 Å². The van der Waals surface area contributed by atoms with Crippen LogP contribution < -0.4 is 10.1 Å². The van der Waals surface area contributed by atoms with Crippen molar-refractivity contribution in [2.75, 3.05) is 13.7 Å². The van der Waals surface area contributed by atoms with Crippen molar-refractivity contribution in [3.8, 4) is 5.75 Å². The molecule has 20 heavy (non-hydrogen) atoms. The molecule has 0 bridgehead atoms. The molecule has 112 valence electrons. The van der Waals surface area contributed by atoms with Gasteiger partial charge in [-0.2, -0.15) is 0 Å². The van der Waals surface area contributed by atoms with Gasteiger partial charge in [-0.05, 0) is 64.8 Å². The van der Waals surface area contributed by atoms with Crippen LogP contribution in [0.2, 0.25) is 0 Å². The van der Waals surface area contributed by atoms with Crippen molar-refractivity contribution in [3.05, 3.63) is 29.8 Å². The summed E-state index contributed by atoms with van der Waals surface area (Å²) in [5.41, 5.74) is 1.35. The van der Waals surface area contributed by atoms with Crippen LogP contribution in [0.1, 0.15) is 39.2 Å². The summed E-state index contributed by atoms with van der Waals surface area (Å²) < 4.78 is 11.8. The van der Waals surface area contributed by atoms with Crippen LogP contribution in [0.4, 0.5) is 0 Å². The number of hydrogen-bond acceptors (Lipinski definition) is 3. The highest BCUT2D eigenvalue weighted by Crippen LogP contribution is 2.29. The molecule has 3 nitrogen and oxygen atoms in total. The zero-order chi connectivity index (χ0) is 14.6. The number of nitrogens with one attached hydrogen (secondary N) is 1. The van der Waals surface area contributed by atoms with Gasteiger partial charge in [-0.1, -0.05) is 12.1 Å². The molecule has 0 aromatic heterocycles. The van der Waals surface area contributed by atoms with Gasteiger partial charge in [0.15, 0.2) is 0 Å². The van der Waals surface area contributed by atoms with E-state index in [0.29, 0.717) is 12.6 Å². The monoisotopic (exact) mass is 277 g/mol. The van der Waals surface area contributed by atoms with Crippen LogP contribution in [0.3, 0.4) is 0 Å². The number of likely N-dealkylation sites (N-methyl/N-ethyl adjacent to an activating group) is 1. The maximum Gasteiger partial charge on any atom is 0.119 e. The van der Waals surface area contributed by atoms with Crippen LogP contribution in [-0.4, -0.2) is 31.4 Å². The summed E-state index contributed by atoms with van der Waals surface area (Å²) in [6.07, 6.45) is 3.47. The number of rotatable bonds is 6. The fraction of sp³-hybridized carbons (Fsp3) is 0.647. The molecule has 1 aliphatic rings. The van der Waals surface area contributed by atoms with Gasteiger partial charge >= 0.3 is 0 Å². The highest BCUT2D eigenvalue weighted by molar-refractivity contribution is 5.27. The maximum absolute atomic E-state index is 5.93. The first-order chi connectivity index (χ1) is 9.48. The molecule has 1 heterocycles. The lowest BCUT2D eigenvalue weighted by Gasteiger charge is -2.19. The van der Waals surface area contributed by atoms with Crippen molar-refractivity contribution in [3.63, 3.8) is 0 Å². The molecule has 1 aromatic carbocycles. The van der Waals surface area contributed by atoms with Crippen molar-refractivity contribution in [2.45, 2.75) is 57.8 Å². The highest BCUT2D eigenvalue weighted by atomic mass is 16.6. The topological polar surface area (TPSA) is 30.5 Å². The molecule has 1 aromatic rings. The molecule has 0 aliphatic carbocycles. The van der Waals surface area contributed by atoms with Gasteiger partial charge in [0.1, 0.15) is 12.4 Å². The van der Waals surface area contributed by atoms with Crippen molar-refractivity contribution >= 4 is 0 Å². The van der Waals surface area contributed by atoms with Gasteiger partial charge in [-0.3, -0.25) is 0 Å². The van der Waals surface area contributed by atoms with Crippen molar-refractivity contribution < 1.29 is 9.47 Å². The Morgan fingerprint density at radius 2 is 2.05 bits per heavy atom. The van der Waals surface area contributed by atoms with Crippen LogP contribution in [-0.2, 0) is 11.2 Å². The first-order valence-corrected chi connectivity index (χ1v) is 7.55. The van der Waals surface area contributed by atoms with Gasteiger partial charge < -0.3 is 14.8 Å². The van der Waals surface area contributed by atoms with Gasteiger partial charge in [-0.25, -0.2) is 0 Å². The summed E-state index contributed by atoms with van der Waals surface area (Å²) in [6.45, 7) is 7.12. The number of hydrogen-bond donors (Lipinski definition) is 1. The van der Waals surface area contributed by atoms with Gasteiger partial charge in [0.2, 0.25) is 0 Å². The molecule has 1 saturated heterocycles. The average molecular weight is 277 g/mol. The second-order valence-electron chi connectivity index (χ2n) is 6.39. The minimum Gasteiger partial charge on any atom is -0.491 e. The molecule has 0 spiro atoms. The molecule has 1 N–H and O–H groups in total. The van der Waals surface area contributed by atoms with Crippen LogP contribution in [0.25, 0.3) is 0 Å². The Morgan fingerprint density at radius 1 is 1.35 bits per heavy atom. The molecule has 0 amide bonds. The van der Waals surface area contributed by atoms with Crippen LogP contribution >= 0.6 is 0 Å². The molecule has 0 saturated carbocycles. The molecule has 2 rings (SSSR count). The van der Waals surface area contributed by atoms with Crippen LogP contribution in [0, 0.1) is 0 Å². The molecule has 3 heteroatoms. The fourth-order valence-corrected chi connectivity index (χ4v) is 2.56. The van der Waals surface area contributed by atoms with E-state index in [1.807, 2.05) is 7.05 Å². The molecular formula is C17H27NO2. The van der Waals surface area contributed by atoms with E-state index in [4.69, 9.17) is 9.47 Å². The summed E-state index contributed by atoms with van der Waals surface area (Å²) in [6, 6.07) is 8.89. The lowest BCUT2D eigenvalue weighted by Crippen LogP contribution is -2.24. The molecule has 1 aliphatic heterocycles. The quantitative estimate of drug-likeness (QED) is 0.866. The molecular weight excluding hydrogens is 250 g/mol. The summed E-state index contributed by atoms with van der Waals surface area (Å²) in [4.78, 5) is 0. The van der Waals surface area contributed by atoms with E-state index in [1.165, 1.54) is 5.56 Å². The Labute approximate surface area is 122 Å². The van der Waals surface area contributed by atoms with Gasteiger partial charge in [0, 0.05) is 6.04 Å². The first kappa shape index (κ1) is 15.3. The van der Waals surface area contributed by atoms with E-state index in [-0.39, 0.29) is 11.7 Å². The predicted molar refractivity (Wildman–Crippen MR) is 82.3 cm³/mol. The first-order valence-electron chi connectivity index (χ1n) is 7.55. The van der Waals surface area contributed by atoms with Gasteiger partial charge in [0.25, 0.3) is 0 Å². The largest absolute Gasteiger partial charge is 0.491 e. The van der Waals surface area contributed by atoms with E-state index < -0.39 is 0 Å². The lowest BCUT2D eigenvalue weighted by molar-refractivity contribution is -0.0326. The van der Waals surface area contributed by atoms with Crippen molar-refractivity contribution in [2.24, 2.45) is 0 Å². The van der Waals surface area contributed by atoms with Crippen molar-refractivity contribution in [1.82, 2.24) is 5.32 Å². The van der Waals surface area contributed by atoms with Crippen LogP contribution in [0.5, 0.6) is 5.75 Å². The third kappa shape index (κ3) is 4.50. The predicted octanol–water partition coefficient (Wildman–Crippen LogP) is 3.17. The van der Waals surface area contributed by atoms with E-state index in [1.54, 1.807) is 0 Å². The van der Waals surface area contributed by atoms with E-state index >= 15 is 0 Å². The highest BCUT2D eigenvalue weighted by Gasteiger charge is 2.31. The summed E-state index contributed by atoms with van der Waals surface area (Å²) >= 11 is 0. The smallest absolute Gasteiger partial charge is 0.119 e. The zero-order valence-corrected chi connectivity index (χ0v) is 13.1. The lowest BCUT2D eigenvalue weighted by atomic mass is 10.1. The second kappa shape index (κ2) is 6.59. The van der Waals surface area contributed by atoms with E-state index in [9.17, 15) is 0 Å². The number of ether oxygens (including phenoxy) is 2. The maximum atomic E-state index is 5.93. The molecule has 2 unspecified atom stereocenters. The molecule has 2 atom stereocenters. The summed E-state index contributed by atoms with van der Waals surface area (Å²) in [5.74, 6) is 0.930. The Balaban J connectivity index is 1.79. The summed E-state index contributed by atoms with van der Waals surface area (Å²) in [5, 5.41) is 3.25. The Hall–Kier alpha value is -1.06. The summed E-state index contributed by atoms with van der Waals surface area (Å²) in [7, 11) is 1.99. The minimum atomic E-state index is 0.0151. The Kier molecular flexibility index (Phi) is 5.06. The van der Waals surface area contributed by atoms with Gasteiger partial charge in [0.05, 0.1) is 11.7 Å². The van der Waals surface area contributed by atoms with Crippen LogP contribution in [0.15, 0.2) is 24.3 Å². The zero-order valence-electron chi connectivity index (χ0n) is 13.1. The third-order valence-electron chi connectivity index (χ3n) is 3.95. The number of benzene rings is 1. The standard InChI is InChI=1S/C17H27NO2/c1-13(18-4)11-14-5-7-15(8-6-14)19-12-16-9-10-17(2,3)20-16/h5-8,13,16,18H,9-12H2,1-4H3. The molecule has 0 radical (unpaired) electrons.